The quantitative estimate of drug-likeness (QED) is 0.777. The Morgan fingerprint density at radius 1 is 1.20 bits per heavy atom. The SMILES string of the molecule is CNCC1CCN(C(=O)c2cccc(S(=O)(=O)NC3CC3)c2)CC1.Cl. The molecule has 1 aliphatic carbocycles. The van der Waals surface area contributed by atoms with Gasteiger partial charge in [0.1, 0.15) is 0 Å². The first-order chi connectivity index (χ1) is 11.5. The molecule has 1 amide bonds. The maximum atomic E-state index is 12.7. The van der Waals surface area contributed by atoms with Crippen molar-refractivity contribution in [2.45, 2.75) is 36.6 Å². The van der Waals surface area contributed by atoms with Crippen molar-refractivity contribution in [2.75, 3.05) is 26.7 Å². The minimum Gasteiger partial charge on any atom is -0.339 e. The number of likely N-dealkylation sites (tertiary alicyclic amines) is 1. The van der Waals surface area contributed by atoms with Crippen molar-refractivity contribution in [1.82, 2.24) is 14.9 Å². The summed E-state index contributed by atoms with van der Waals surface area (Å²) in [5, 5.41) is 3.18. The number of halogens is 1. The molecule has 8 heteroatoms. The van der Waals surface area contributed by atoms with Gasteiger partial charge in [-0.1, -0.05) is 6.07 Å². The molecule has 2 aliphatic rings. The summed E-state index contributed by atoms with van der Waals surface area (Å²) in [7, 11) is -1.59. The zero-order chi connectivity index (χ0) is 17.2. The number of rotatable bonds is 6. The summed E-state index contributed by atoms with van der Waals surface area (Å²) in [6.45, 7) is 2.42. The van der Waals surface area contributed by atoms with Gasteiger partial charge < -0.3 is 10.2 Å². The largest absolute Gasteiger partial charge is 0.339 e. The third kappa shape index (κ3) is 5.17. The van der Waals surface area contributed by atoms with Gasteiger partial charge in [0.25, 0.3) is 5.91 Å². The van der Waals surface area contributed by atoms with Gasteiger partial charge in [-0.15, -0.1) is 12.4 Å². The van der Waals surface area contributed by atoms with Gasteiger partial charge in [0, 0.05) is 24.7 Å². The minimum absolute atomic E-state index is 0. The van der Waals surface area contributed by atoms with Gasteiger partial charge in [0.05, 0.1) is 4.90 Å². The van der Waals surface area contributed by atoms with Crippen LogP contribution >= 0.6 is 12.4 Å². The molecule has 3 rings (SSSR count). The van der Waals surface area contributed by atoms with E-state index in [1.807, 2.05) is 11.9 Å². The van der Waals surface area contributed by atoms with Gasteiger partial charge in [-0.2, -0.15) is 0 Å². The van der Waals surface area contributed by atoms with E-state index in [4.69, 9.17) is 0 Å². The molecule has 2 N–H and O–H groups in total. The molecular weight excluding hydrogens is 362 g/mol. The van der Waals surface area contributed by atoms with E-state index < -0.39 is 10.0 Å². The van der Waals surface area contributed by atoms with Crippen molar-refractivity contribution in [2.24, 2.45) is 5.92 Å². The number of carbonyl (C=O) groups is 1. The van der Waals surface area contributed by atoms with E-state index in [2.05, 4.69) is 10.0 Å². The molecule has 0 unspecified atom stereocenters. The van der Waals surface area contributed by atoms with Crippen LogP contribution < -0.4 is 10.0 Å². The number of sulfonamides is 1. The highest BCUT2D eigenvalue weighted by Gasteiger charge is 2.29. The molecular formula is C17H26ClN3O3S. The average Bonchev–Trinajstić information content (AvgIpc) is 3.39. The van der Waals surface area contributed by atoms with Crippen LogP contribution in [-0.2, 0) is 10.0 Å². The highest BCUT2D eigenvalue weighted by Crippen LogP contribution is 2.23. The zero-order valence-electron chi connectivity index (χ0n) is 14.4. The van der Waals surface area contributed by atoms with E-state index in [1.165, 1.54) is 6.07 Å². The monoisotopic (exact) mass is 387 g/mol. The normalized spacial score (nSPS) is 18.7. The van der Waals surface area contributed by atoms with Gasteiger partial charge >= 0.3 is 0 Å². The molecule has 1 saturated heterocycles. The van der Waals surface area contributed by atoms with Crippen LogP contribution in [0.5, 0.6) is 0 Å². The third-order valence-corrected chi connectivity index (χ3v) is 6.20. The molecule has 1 heterocycles. The molecule has 1 aromatic carbocycles. The summed E-state index contributed by atoms with van der Waals surface area (Å²) in [5.41, 5.74) is 0.445. The van der Waals surface area contributed by atoms with Crippen LogP contribution in [0.25, 0.3) is 0 Å². The lowest BCUT2D eigenvalue weighted by Crippen LogP contribution is -2.40. The molecule has 0 radical (unpaired) electrons. The number of amides is 1. The Labute approximate surface area is 155 Å². The fourth-order valence-corrected chi connectivity index (χ4v) is 4.45. The van der Waals surface area contributed by atoms with E-state index in [0.29, 0.717) is 11.5 Å². The van der Waals surface area contributed by atoms with Gasteiger partial charge in [0.2, 0.25) is 10.0 Å². The van der Waals surface area contributed by atoms with E-state index in [-0.39, 0.29) is 29.3 Å². The van der Waals surface area contributed by atoms with Crippen molar-refractivity contribution < 1.29 is 13.2 Å². The molecule has 25 heavy (non-hydrogen) atoms. The number of nitrogens with zero attached hydrogens (tertiary/aromatic N) is 1. The first kappa shape index (κ1) is 20.2. The average molecular weight is 388 g/mol. The van der Waals surface area contributed by atoms with Gasteiger partial charge in [-0.25, -0.2) is 13.1 Å². The summed E-state index contributed by atoms with van der Waals surface area (Å²) in [4.78, 5) is 14.7. The Hall–Kier alpha value is -1.15. The zero-order valence-corrected chi connectivity index (χ0v) is 16.0. The van der Waals surface area contributed by atoms with Gasteiger partial charge in [-0.3, -0.25) is 4.79 Å². The Kier molecular flexibility index (Phi) is 6.85. The number of carbonyl (C=O) groups excluding carboxylic acids is 1. The van der Waals surface area contributed by atoms with Crippen LogP contribution in [0.4, 0.5) is 0 Å². The van der Waals surface area contributed by atoms with Crippen LogP contribution in [0.3, 0.4) is 0 Å². The second-order valence-corrected chi connectivity index (χ2v) is 8.43. The molecule has 0 spiro atoms. The molecule has 1 aromatic rings. The number of hydrogen-bond acceptors (Lipinski definition) is 4. The lowest BCUT2D eigenvalue weighted by Gasteiger charge is -2.32. The summed E-state index contributed by atoms with van der Waals surface area (Å²) in [5.74, 6) is 0.523. The summed E-state index contributed by atoms with van der Waals surface area (Å²) in [6.07, 6.45) is 3.74. The van der Waals surface area contributed by atoms with Crippen molar-refractivity contribution in [3.05, 3.63) is 29.8 Å². The third-order valence-electron chi connectivity index (χ3n) is 4.68. The fourth-order valence-electron chi connectivity index (χ4n) is 3.10. The Morgan fingerprint density at radius 3 is 2.48 bits per heavy atom. The predicted octanol–water partition coefficient (Wildman–Crippen LogP) is 1.62. The number of hydrogen-bond donors (Lipinski definition) is 2. The highest BCUT2D eigenvalue weighted by molar-refractivity contribution is 7.89. The Balaban J connectivity index is 0.00000225. The summed E-state index contributed by atoms with van der Waals surface area (Å²) >= 11 is 0. The van der Waals surface area contributed by atoms with Crippen LogP contribution in [0.15, 0.2) is 29.2 Å². The standard InChI is InChI=1S/C17H25N3O3S.ClH/c1-18-12-13-7-9-20(10-8-13)17(21)14-3-2-4-16(11-14)24(22,23)19-15-5-6-15;/h2-4,11,13,15,18-19H,5-10,12H2,1H3;1H. The van der Waals surface area contributed by atoms with Crippen LogP contribution in [0.1, 0.15) is 36.0 Å². The number of piperidine rings is 1. The highest BCUT2D eigenvalue weighted by atomic mass is 35.5. The van der Waals surface area contributed by atoms with Crippen LogP contribution in [0, 0.1) is 5.92 Å². The molecule has 6 nitrogen and oxygen atoms in total. The second kappa shape index (κ2) is 8.49. The number of benzene rings is 1. The van der Waals surface area contributed by atoms with Crippen molar-refractivity contribution in [3.63, 3.8) is 0 Å². The number of nitrogens with one attached hydrogen (secondary N) is 2. The predicted molar refractivity (Wildman–Crippen MR) is 99.6 cm³/mol. The van der Waals surface area contributed by atoms with E-state index in [0.717, 1.165) is 45.3 Å². The maximum absolute atomic E-state index is 12.7. The molecule has 1 aliphatic heterocycles. The molecule has 0 atom stereocenters. The summed E-state index contributed by atoms with van der Waals surface area (Å²) in [6, 6.07) is 6.43. The maximum Gasteiger partial charge on any atom is 0.253 e. The fraction of sp³-hybridized carbons (Fsp3) is 0.588. The molecule has 1 saturated carbocycles. The van der Waals surface area contributed by atoms with Crippen LogP contribution in [0.2, 0.25) is 0 Å². The Bertz CT molecular complexity index is 699. The van der Waals surface area contributed by atoms with Crippen molar-refractivity contribution in [3.8, 4) is 0 Å². The van der Waals surface area contributed by atoms with E-state index in [1.54, 1.807) is 18.2 Å². The summed E-state index contributed by atoms with van der Waals surface area (Å²) < 4.78 is 27.3. The minimum atomic E-state index is -3.53. The first-order valence-electron chi connectivity index (χ1n) is 8.56. The second-order valence-electron chi connectivity index (χ2n) is 6.72. The van der Waals surface area contributed by atoms with Gasteiger partial charge in [-0.05, 0) is 63.4 Å². The van der Waals surface area contributed by atoms with Crippen LogP contribution in [-0.4, -0.2) is 51.9 Å². The Morgan fingerprint density at radius 2 is 1.88 bits per heavy atom. The molecule has 0 bridgehead atoms. The molecule has 2 fully saturated rings. The topological polar surface area (TPSA) is 78.5 Å². The van der Waals surface area contributed by atoms with E-state index >= 15 is 0 Å². The molecule has 0 aromatic heterocycles. The van der Waals surface area contributed by atoms with E-state index in [9.17, 15) is 13.2 Å². The lowest BCUT2D eigenvalue weighted by molar-refractivity contribution is 0.0690. The smallest absolute Gasteiger partial charge is 0.253 e. The molecule has 140 valence electrons. The van der Waals surface area contributed by atoms with Crippen molar-refractivity contribution >= 4 is 28.3 Å². The lowest BCUT2D eigenvalue weighted by atomic mass is 9.96. The van der Waals surface area contributed by atoms with Crippen molar-refractivity contribution in [1.29, 1.82) is 0 Å². The van der Waals surface area contributed by atoms with Gasteiger partial charge in [0.15, 0.2) is 0 Å². The first-order valence-corrected chi connectivity index (χ1v) is 10.0.